The van der Waals surface area contributed by atoms with Crippen LogP contribution >= 0.6 is 0 Å². The van der Waals surface area contributed by atoms with Crippen molar-refractivity contribution in [2.24, 2.45) is 0 Å². The summed E-state index contributed by atoms with van der Waals surface area (Å²) in [4.78, 5) is 23.3. The number of aromatic nitrogens is 2. The molecule has 1 aromatic heterocycles. The zero-order valence-corrected chi connectivity index (χ0v) is 6.29. The van der Waals surface area contributed by atoms with Gasteiger partial charge in [-0.1, -0.05) is 0 Å². The lowest BCUT2D eigenvalue weighted by molar-refractivity contribution is 0.280. The molecule has 0 amide bonds. The van der Waals surface area contributed by atoms with Gasteiger partial charge < -0.3 is 0 Å². The Labute approximate surface area is 67.5 Å². The van der Waals surface area contributed by atoms with Crippen LogP contribution in [0.5, 0.6) is 0 Å². The summed E-state index contributed by atoms with van der Waals surface area (Å²) in [5.74, 6) is 0.730. The Hall–Kier alpha value is -1.69. The molecule has 12 heavy (non-hydrogen) atoms. The van der Waals surface area contributed by atoms with Gasteiger partial charge in [0.2, 0.25) is 5.82 Å². The van der Waals surface area contributed by atoms with Crippen molar-refractivity contribution in [2.75, 3.05) is 11.0 Å². The Balaban J connectivity index is 2.71. The van der Waals surface area contributed by atoms with E-state index in [0.29, 0.717) is 17.2 Å². The summed E-state index contributed by atoms with van der Waals surface area (Å²) >= 11 is 0. The molecule has 0 saturated heterocycles. The second-order valence-corrected chi connectivity index (χ2v) is 2.36. The summed E-state index contributed by atoms with van der Waals surface area (Å²) in [6.07, 6.45) is 1.44. The largest absolute Gasteiger partial charge is 0.276 e. The van der Waals surface area contributed by atoms with Gasteiger partial charge in [-0.25, -0.2) is 15.9 Å². The van der Waals surface area contributed by atoms with E-state index in [4.69, 9.17) is 0 Å². The second-order valence-electron chi connectivity index (χ2n) is 2.36. The molecule has 2 N–H and O–H groups in total. The van der Waals surface area contributed by atoms with Gasteiger partial charge in [-0.3, -0.25) is 4.79 Å². The number of fused-ring (bicyclic) bond motifs is 1. The van der Waals surface area contributed by atoms with Gasteiger partial charge in [0.25, 0.3) is 5.56 Å². The van der Waals surface area contributed by atoms with E-state index in [1.54, 1.807) is 6.92 Å². The van der Waals surface area contributed by atoms with Crippen LogP contribution in [-0.2, 0) is 4.94 Å². The molecule has 0 saturated carbocycles. The van der Waals surface area contributed by atoms with Crippen molar-refractivity contribution >= 4 is 11.6 Å². The number of nitrogens with zero attached hydrogens (tertiary/aromatic N) is 2. The molecule has 0 aliphatic carbocycles. The molecule has 2 rings (SSSR count). The van der Waals surface area contributed by atoms with Gasteiger partial charge in [0, 0.05) is 11.8 Å². The Morgan fingerprint density at radius 3 is 3.00 bits per heavy atom. The van der Waals surface area contributed by atoms with Crippen molar-refractivity contribution in [2.45, 2.75) is 6.92 Å². The fourth-order valence-electron chi connectivity index (χ4n) is 0.788. The summed E-state index contributed by atoms with van der Waals surface area (Å²) in [7, 11) is 0. The fraction of sp³-hybridized carbons (Fsp3) is 0.167. The third kappa shape index (κ3) is 0.978. The van der Waals surface area contributed by atoms with Crippen molar-refractivity contribution in [3.8, 4) is 0 Å². The number of anilines is 2. The van der Waals surface area contributed by atoms with Gasteiger partial charge in [-0.2, -0.15) is 9.92 Å². The van der Waals surface area contributed by atoms with E-state index >= 15 is 0 Å². The van der Waals surface area contributed by atoms with E-state index in [9.17, 15) is 4.79 Å². The zero-order valence-electron chi connectivity index (χ0n) is 6.29. The lowest BCUT2D eigenvalue weighted by Gasteiger charge is -1.86. The van der Waals surface area contributed by atoms with E-state index < -0.39 is 0 Å². The molecule has 1 aliphatic rings. The Morgan fingerprint density at radius 1 is 1.42 bits per heavy atom. The fourth-order valence-corrected chi connectivity index (χ4v) is 0.788. The van der Waals surface area contributed by atoms with Crippen LogP contribution in [0.1, 0.15) is 5.56 Å². The predicted molar refractivity (Wildman–Crippen MR) is 41.4 cm³/mol. The highest BCUT2D eigenvalue weighted by Gasteiger charge is 2.12. The molecule has 0 radical (unpaired) electrons. The van der Waals surface area contributed by atoms with Crippen LogP contribution in [0.2, 0.25) is 0 Å². The maximum atomic E-state index is 11.1. The average molecular weight is 166 g/mol. The standard InChI is InChI=1S/C6H6N4O2/c1-3-2-7-4-5(8-6(3)11)10-12-9-4/h2H,1H3,(H,7,9)(H,8,10,11). The molecular formula is C6H6N4O2. The SMILES string of the molecule is Cc1cnc2c(nc1=O)NON2. The van der Waals surface area contributed by atoms with Crippen molar-refractivity contribution in [3.05, 3.63) is 22.1 Å². The lowest BCUT2D eigenvalue weighted by Crippen LogP contribution is -2.07. The van der Waals surface area contributed by atoms with Crippen LogP contribution < -0.4 is 16.5 Å². The first-order valence-electron chi connectivity index (χ1n) is 3.33. The smallest absolute Gasteiger partial charge is 0.267 e. The third-order valence-corrected chi connectivity index (χ3v) is 1.46. The van der Waals surface area contributed by atoms with Crippen molar-refractivity contribution < 1.29 is 4.94 Å². The van der Waals surface area contributed by atoms with Crippen molar-refractivity contribution in [1.29, 1.82) is 0 Å². The van der Waals surface area contributed by atoms with Gasteiger partial charge in [0.1, 0.15) is 0 Å². The molecule has 2 heterocycles. The number of aryl methyl sites for hydroxylation is 1. The Kier molecular flexibility index (Phi) is 1.41. The van der Waals surface area contributed by atoms with E-state index in [2.05, 4.69) is 25.9 Å². The number of hydrogen-bond acceptors (Lipinski definition) is 6. The first-order chi connectivity index (χ1) is 5.77. The molecule has 0 spiro atoms. The number of hydrogen-bond donors (Lipinski definition) is 2. The first-order valence-corrected chi connectivity index (χ1v) is 3.33. The molecular weight excluding hydrogens is 160 g/mol. The van der Waals surface area contributed by atoms with Gasteiger partial charge in [-0.15, -0.1) is 0 Å². The Morgan fingerprint density at radius 2 is 2.17 bits per heavy atom. The topological polar surface area (TPSA) is 76.1 Å². The van der Waals surface area contributed by atoms with Gasteiger partial charge in [0.15, 0.2) is 5.82 Å². The van der Waals surface area contributed by atoms with Crippen LogP contribution in [0, 0.1) is 6.92 Å². The monoisotopic (exact) mass is 166 g/mol. The highest BCUT2D eigenvalue weighted by Crippen LogP contribution is 2.17. The molecule has 6 nitrogen and oxygen atoms in total. The number of nitrogens with one attached hydrogen (secondary N) is 2. The molecule has 0 bridgehead atoms. The van der Waals surface area contributed by atoms with Crippen LogP contribution in [0.4, 0.5) is 11.6 Å². The predicted octanol–water partition coefficient (Wildman–Crippen LogP) is -0.171. The molecule has 0 fully saturated rings. The summed E-state index contributed by atoms with van der Waals surface area (Å²) in [6.45, 7) is 1.65. The molecule has 1 aromatic rings. The summed E-state index contributed by atoms with van der Waals surface area (Å²) < 4.78 is 0. The summed E-state index contributed by atoms with van der Waals surface area (Å²) in [6, 6.07) is 0. The van der Waals surface area contributed by atoms with Gasteiger partial charge in [0.05, 0.1) is 0 Å². The lowest BCUT2D eigenvalue weighted by atomic mass is 10.4. The molecule has 1 aliphatic heterocycles. The minimum absolute atomic E-state index is 0.313. The Bertz CT molecular complexity index is 379. The minimum Gasteiger partial charge on any atom is -0.267 e. The summed E-state index contributed by atoms with van der Waals surface area (Å²) in [5, 5.41) is 0. The summed E-state index contributed by atoms with van der Waals surface area (Å²) in [5.41, 5.74) is 5.03. The molecule has 0 aromatic carbocycles. The average Bonchev–Trinajstić information content (AvgIpc) is 2.43. The number of rotatable bonds is 0. The quantitative estimate of drug-likeness (QED) is 0.557. The highest BCUT2D eigenvalue weighted by atomic mass is 16.8. The maximum absolute atomic E-state index is 11.1. The molecule has 62 valence electrons. The van der Waals surface area contributed by atoms with E-state index in [0.717, 1.165) is 0 Å². The van der Waals surface area contributed by atoms with Crippen LogP contribution in [-0.4, -0.2) is 9.97 Å². The van der Waals surface area contributed by atoms with E-state index in [-0.39, 0.29) is 5.56 Å². The normalized spacial score (nSPS) is 13.1. The van der Waals surface area contributed by atoms with Gasteiger partial charge in [-0.05, 0) is 6.92 Å². The van der Waals surface area contributed by atoms with Crippen molar-refractivity contribution in [1.82, 2.24) is 9.97 Å². The third-order valence-electron chi connectivity index (χ3n) is 1.46. The minimum atomic E-state index is -0.316. The van der Waals surface area contributed by atoms with Gasteiger partial charge >= 0.3 is 0 Å². The van der Waals surface area contributed by atoms with Crippen LogP contribution in [0.3, 0.4) is 0 Å². The highest BCUT2D eigenvalue weighted by molar-refractivity contribution is 5.58. The van der Waals surface area contributed by atoms with Crippen LogP contribution in [0.25, 0.3) is 0 Å². The van der Waals surface area contributed by atoms with E-state index in [1.165, 1.54) is 6.20 Å². The molecule has 6 heteroatoms. The second kappa shape index (κ2) is 2.42. The maximum Gasteiger partial charge on any atom is 0.276 e. The van der Waals surface area contributed by atoms with Crippen LogP contribution in [0.15, 0.2) is 11.0 Å². The molecule has 0 atom stereocenters. The first kappa shape index (κ1) is 6.99. The molecule has 0 unspecified atom stereocenters. The van der Waals surface area contributed by atoms with Crippen molar-refractivity contribution in [3.63, 3.8) is 0 Å². The van der Waals surface area contributed by atoms with E-state index in [1.807, 2.05) is 0 Å². The zero-order chi connectivity index (χ0) is 8.55.